The molecule has 2 heterocycles. The van der Waals surface area contributed by atoms with E-state index < -0.39 is 0 Å². The lowest BCUT2D eigenvalue weighted by Gasteiger charge is -2.09. The molecule has 0 aliphatic rings. The van der Waals surface area contributed by atoms with Gasteiger partial charge >= 0.3 is 0 Å². The van der Waals surface area contributed by atoms with Crippen LogP contribution in [0.4, 0.5) is 11.6 Å². The van der Waals surface area contributed by atoms with Gasteiger partial charge in [-0.15, -0.1) is 0 Å². The first-order chi connectivity index (χ1) is 9.75. The van der Waals surface area contributed by atoms with Crippen LogP contribution in [0.5, 0.6) is 0 Å². The summed E-state index contributed by atoms with van der Waals surface area (Å²) in [4.78, 5) is 12.9. The summed E-state index contributed by atoms with van der Waals surface area (Å²) in [7, 11) is 0. The van der Waals surface area contributed by atoms with Crippen molar-refractivity contribution in [2.45, 2.75) is 26.7 Å². The molecule has 0 atom stereocenters. The van der Waals surface area contributed by atoms with Crippen LogP contribution in [0.1, 0.15) is 24.2 Å². The largest absolute Gasteiger partial charge is 0.370 e. The van der Waals surface area contributed by atoms with Crippen molar-refractivity contribution in [3.8, 4) is 0 Å². The Bertz CT molecular complexity index is 527. The van der Waals surface area contributed by atoms with Crippen molar-refractivity contribution in [1.82, 2.24) is 15.0 Å². The van der Waals surface area contributed by atoms with Gasteiger partial charge in [-0.3, -0.25) is 4.98 Å². The Morgan fingerprint density at radius 2 is 1.80 bits per heavy atom. The van der Waals surface area contributed by atoms with Crippen molar-refractivity contribution in [1.29, 1.82) is 0 Å². The van der Waals surface area contributed by atoms with E-state index in [0.29, 0.717) is 0 Å². The minimum atomic E-state index is 0.891. The second-order valence-electron chi connectivity index (χ2n) is 4.72. The molecule has 0 spiro atoms. The SMILES string of the molecule is Cc1cnc(C)c(NCCCCNc2ccccn2)n1. The van der Waals surface area contributed by atoms with Gasteiger partial charge in [0, 0.05) is 25.5 Å². The highest BCUT2D eigenvalue weighted by molar-refractivity contribution is 5.39. The zero-order valence-electron chi connectivity index (χ0n) is 12.1. The normalized spacial score (nSPS) is 10.3. The van der Waals surface area contributed by atoms with Crippen molar-refractivity contribution < 1.29 is 0 Å². The third kappa shape index (κ3) is 4.50. The number of nitrogens with one attached hydrogen (secondary N) is 2. The van der Waals surface area contributed by atoms with Gasteiger partial charge in [-0.1, -0.05) is 6.07 Å². The van der Waals surface area contributed by atoms with Crippen molar-refractivity contribution in [3.63, 3.8) is 0 Å². The highest BCUT2D eigenvalue weighted by Gasteiger charge is 2.00. The Morgan fingerprint density at radius 3 is 2.55 bits per heavy atom. The Kier molecular flexibility index (Phi) is 5.29. The molecule has 0 saturated heterocycles. The van der Waals surface area contributed by atoms with Crippen molar-refractivity contribution >= 4 is 11.6 Å². The number of rotatable bonds is 7. The van der Waals surface area contributed by atoms with E-state index in [1.165, 1.54) is 0 Å². The minimum absolute atomic E-state index is 0.891. The lowest BCUT2D eigenvalue weighted by Crippen LogP contribution is -2.09. The monoisotopic (exact) mass is 271 g/mol. The van der Waals surface area contributed by atoms with E-state index in [9.17, 15) is 0 Å². The second kappa shape index (κ2) is 7.43. The van der Waals surface area contributed by atoms with Gasteiger partial charge in [-0.05, 0) is 38.8 Å². The lowest BCUT2D eigenvalue weighted by molar-refractivity contribution is 0.789. The lowest BCUT2D eigenvalue weighted by atomic mass is 10.3. The molecule has 0 amide bonds. The third-order valence-electron chi connectivity index (χ3n) is 2.94. The molecule has 0 fully saturated rings. The Balaban J connectivity index is 1.63. The van der Waals surface area contributed by atoms with Crippen LogP contribution >= 0.6 is 0 Å². The van der Waals surface area contributed by atoms with Crippen LogP contribution in [0.3, 0.4) is 0 Å². The maximum atomic E-state index is 4.44. The Hall–Kier alpha value is -2.17. The van der Waals surface area contributed by atoms with E-state index in [0.717, 1.165) is 49.0 Å². The van der Waals surface area contributed by atoms with Crippen LogP contribution in [0.2, 0.25) is 0 Å². The van der Waals surface area contributed by atoms with Crippen LogP contribution in [-0.2, 0) is 0 Å². The van der Waals surface area contributed by atoms with E-state index in [1.54, 1.807) is 12.4 Å². The molecule has 5 nitrogen and oxygen atoms in total. The van der Waals surface area contributed by atoms with Crippen LogP contribution in [-0.4, -0.2) is 28.0 Å². The Labute approximate surface area is 119 Å². The standard InChI is InChI=1S/C15H21N5/c1-12-11-19-13(2)15(20-12)18-10-6-5-9-17-14-7-3-4-8-16-14/h3-4,7-8,11H,5-6,9-10H2,1-2H3,(H,16,17)(H,18,20). The number of hydrogen-bond acceptors (Lipinski definition) is 5. The molecule has 0 aliphatic heterocycles. The molecule has 2 N–H and O–H groups in total. The second-order valence-corrected chi connectivity index (χ2v) is 4.72. The summed E-state index contributed by atoms with van der Waals surface area (Å²) in [5.74, 6) is 1.82. The van der Waals surface area contributed by atoms with E-state index in [-0.39, 0.29) is 0 Å². The van der Waals surface area contributed by atoms with E-state index in [1.807, 2.05) is 32.0 Å². The summed E-state index contributed by atoms with van der Waals surface area (Å²) < 4.78 is 0. The first kappa shape index (κ1) is 14.2. The molecular weight excluding hydrogens is 250 g/mol. The maximum absolute atomic E-state index is 4.44. The molecule has 2 rings (SSSR count). The van der Waals surface area contributed by atoms with Crippen LogP contribution in [0, 0.1) is 13.8 Å². The Morgan fingerprint density at radius 1 is 1.00 bits per heavy atom. The molecule has 0 aromatic carbocycles. The molecule has 0 aliphatic carbocycles. The van der Waals surface area contributed by atoms with E-state index in [2.05, 4.69) is 25.6 Å². The van der Waals surface area contributed by atoms with Crippen molar-refractivity contribution in [3.05, 3.63) is 42.0 Å². The van der Waals surface area contributed by atoms with Gasteiger partial charge < -0.3 is 10.6 Å². The summed E-state index contributed by atoms with van der Waals surface area (Å²) in [6, 6.07) is 5.88. The molecule has 0 unspecified atom stereocenters. The topological polar surface area (TPSA) is 62.7 Å². The van der Waals surface area contributed by atoms with Gasteiger partial charge in [-0.2, -0.15) is 0 Å². The number of pyridine rings is 1. The molecule has 20 heavy (non-hydrogen) atoms. The molecule has 2 aromatic heterocycles. The summed E-state index contributed by atoms with van der Waals surface area (Å²) >= 11 is 0. The minimum Gasteiger partial charge on any atom is -0.370 e. The van der Waals surface area contributed by atoms with Crippen LogP contribution in [0.25, 0.3) is 0 Å². The third-order valence-corrected chi connectivity index (χ3v) is 2.94. The quantitative estimate of drug-likeness (QED) is 0.758. The van der Waals surface area contributed by atoms with Gasteiger partial charge in [0.15, 0.2) is 0 Å². The zero-order valence-corrected chi connectivity index (χ0v) is 12.1. The van der Waals surface area contributed by atoms with Crippen LogP contribution in [0.15, 0.2) is 30.6 Å². The number of nitrogens with zero attached hydrogens (tertiary/aromatic N) is 3. The fourth-order valence-corrected chi connectivity index (χ4v) is 1.85. The predicted octanol–water partition coefficient (Wildman–Crippen LogP) is 2.79. The molecule has 106 valence electrons. The van der Waals surface area contributed by atoms with Gasteiger partial charge in [0.05, 0.1) is 11.4 Å². The highest BCUT2D eigenvalue weighted by Crippen LogP contribution is 2.08. The average Bonchev–Trinajstić information content (AvgIpc) is 2.47. The molecule has 0 saturated carbocycles. The number of unbranched alkanes of at least 4 members (excludes halogenated alkanes) is 1. The number of anilines is 2. The molecule has 2 aromatic rings. The number of hydrogen-bond donors (Lipinski definition) is 2. The van der Waals surface area contributed by atoms with E-state index >= 15 is 0 Å². The average molecular weight is 271 g/mol. The number of aromatic nitrogens is 3. The van der Waals surface area contributed by atoms with Gasteiger partial charge in [0.1, 0.15) is 11.6 Å². The molecule has 5 heteroatoms. The summed E-state index contributed by atoms with van der Waals surface area (Å²) in [6.45, 7) is 5.76. The first-order valence-corrected chi connectivity index (χ1v) is 6.95. The predicted molar refractivity (Wildman–Crippen MR) is 82.0 cm³/mol. The fraction of sp³-hybridized carbons (Fsp3) is 0.400. The zero-order chi connectivity index (χ0) is 14.2. The van der Waals surface area contributed by atoms with Crippen molar-refractivity contribution in [2.75, 3.05) is 23.7 Å². The first-order valence-electron chi connectivity index (χ1n) is 6.95. The van der Waals surface area contributed by atoms with Crippen molar-refractivity contribution in [2.24, 2.45) is 0 Å². The summed E-state index contributed by atoms with van der Waals surface area (Å²) in [5.41, 5.74) is 1.89. The molecule has 0 bridgehead atoms. The molecule has 0 radical (unpaired) electrons. The van der Waals surface area contributed by atoms with Gasteiger partial charge in [0.2, 0.25) is 0 Å². The smallest absolute Gasteiger partial charge is 0.147 e. The fourth-order valence-electron chi connectivity index (χ4n) is 1.85. The highest BCUT2D eigenvalue weighted by atomic mass is 15.0. The van der Waals surface area contributed by atoms with Gasteiger partial charge in [0.25, 0.3) is 0 Å². The maximum Gasteiger partial charge on any atom is 0.147 e. The summed E-state index contributed by atoms with van der Waals surface area (Å²) in [5, 5.41) is 6.63. The van der Waals surface area contributed by atoms with Crippen LogP contribution < -0.4 is 10.6 Å². The molecular formula is C15H21N5. The summed E-state index contributed by atoms with van der Waals surface area (Å²) in [6.07, 6.45) is 5.75. The number of aryl methyl sites for hydroxylation is 2. The van der Waals surface area contributed by atoms with Gasteiger partial charge in [-0.25, -0.2) is 9.97 Å². The van der Waals surface area contributed by atoms with E-state index in [4.69, 9.17) is 0 Å².